The van der Waals surface area contributed by atoms with E-state index in [0.717, 1.165) is 32.5 Å². The smallest absolute Gasteiger partial charge is 0.219 e. The number of likely N-dealkylation sites (tertiary alicyclic amines) is 1. The fourth-order valence-electron chi connectivity index (χ4n) is 1.60. The van der Waals surface area contributed by atoms with Gasteiger partial charge >= 0.3 is 0 Å². The van der Waals surface area contributed by atoms with Crippen LogP contribution in [0.15, 0.2) is 0 Å². The van der Waals surface area contributed by atoms with Gasteiger partial charge in [-0.2, -0.15) is 0 Å². The monoisotopic (exact) mass is 186 g/mol. The summed E-state index contributed by atoms with van der Waals surface area (Å²) in [5.74, 6) is 0.0970. The fraction of sp³-hybridized carbons (Fsp3) is 0.889. The van der Waals surface area contributed by atoms with Gasteiger partial charge < -0.3 is 15.3 Å². The number of hydrogen-bond acceptors (Lipinski definition) is 3. The molecule has 1 amide bonds. The molecule has 1 aliphatic heterocycles. The minimum Gasteiger partial charge on any atom is -0.392 e. The van der Waals surface area contributed by atoms with Crippen molar-refractivity contribution < 1.29 is 9.90 Å². The van der Waals surface area contributed by atoms with Crippen LogP contribution in [0.3, 0.4) is 0 Å². The summed E-state index contributed by atoms with van der Waals surface area (Å²) in [6.45, 7) is 2.66. The van der Waals surface area contributed by atoms with Gasteiger partial charge in [0.1, 0.15) is 0 Å². The molecule has 0 saturated carbocycles. The zero-order chi connectivity index (χ0) is 9.68. The first-order chi connectivity index (χ1) is 6.22. The molecule has 1 atom stereocenters. The fourth-order valence-corrected chi connectivity index (χ4v) is 1.60. The Labute approximate surface area is 78.9 Å². The molecule has 1 fully saturated rings. The van der Waals surface area contributed by atoms with Crippen LogP contribution in [0.1, 0.15) is 19.3 Å². The van der Waals surface area contributed by atoms with Crippen LogP contribution in [-0.4, -0.2) is 48.7 Å². The highest BCUT2D eigenvalue weighted by atomic mass is 16.3. The molecule has 0 spiro atoms. The van der Waals surface area contributed by atoms with Crippen molar-refractivity contribution in [1.82, 2.24) is 10.2 Å². The third-order valence-electron chi connectivity index (χ3n) is 2.40. The molecule has 0 aromatic carbocycles. The van der Waals surface area contributed by atoms with E-state index in [0.29, 0.717) is 6.42 Å². The Morgan fingerprint density at radius 2 is 2.46 bits per heavy atom. The van der Waals surface area contributed by atoms with E-state index in [9.17, 15) is 9.90 Å². The largest absolute Gasteiger partial charge is 0.392 e. The molecule has 2 N–H and O–H groups in total. The van der Waals surface area contributed by atoms with E-state index in [1.165, 1.54) is 0 Å². The van der Waals surface area contributed by atoms with Crippen molar-refractivity contribution in [1.29, 1.82) is 0 Å². The SMILES string of the molecule is CNC(=O)CCCN1CCC(O)C1. The maximum atomic E-state index is 10.9. The van der Waals surface area contributed by atoms with Crippen LogP contribution in [0.2, 0.25) is 0 Å². The van der Waals surface area contributed by atoms with Gasteiger partial charge in [0, 0.05) is 26.6 Å². The Kier molecular flexibility index (Phi) is 4.18. The predicted molar refractivity (Wildman–Crippen MR) is 50.4 cm³/mol. The van der Waals surface area contributed by atoms with Gasteiger partial charge in [0.25, 0.3) is 0 Å². The molecule has 4 heteroatoms. The van der Waals surface area contributed by atoms with E-state index in [-0.39, 0.29) is 12.0 Å². The first kappa shape index (κ1) is 10.5. The first-order valence-corrected chi connectivity index (χ1v) is 4.83. The van der Waals surface area contributed by atoms with Crippen LogP contribution in [0.5, 0.6) is 0 Å². The third-order valence-corrected chi connectivity index (χ3v) is 2.40. The molecule has 0 aromatic heterocycles. The summed E-state index contributed by atoms with van der Waals surface area (Å²) < 4.78 is 0. The van der Waals surface area contributed by atoms with Gasteiger partial charge in [-0.3, -0.25) is 4.79 Å². The van der Waals surface area contributed by atoms with Crippen molar-refractivity contribution in [3.8, 4) is 0 Å². The summed E-state index contributed by atoms with van der Waals surface area (Å²) in [6, 6.07) is 0. The third kappa shape index (κ3) is 3.74. The average Bonchev–Trinajstić information content (AvgIpc) is 2.51. The maximum absolute atomic E-state index is 10.9. The number of β-amino-alcohol motifs (C(OH)–C–C–N with tert-alkyl or cyclic N) is 1. The van der Waals surface area contributed by atoms with Crippen molar-refractivity contribution >= 4 is 5.91 Å². The normalized spacial score (nSPS) is 23.4. The number of nitrogens with one attached hydrogen (secondary N) is 1. The van der Waals surface area contributed by atoms with Crippen molar-refractivity contribution in [3.63, 3.8) is 0 Å². The standard InChI is InChI=1S/C9H18N2O2/c1-10-9(13)3-2-5-11-6-4-8(12)7-11/h8,12H,2-7H2,1H3,(H,10,13). The van der Waals surface area contributed by atoms with Crippen LogP contribution in [0.25, 0.3) is 0 Å². The van der Waals surface area contributed by atoms with Crippen LogP contribution in [0.4, 0.5) is 0 Å². The van der Waals surface area contributed by atoms with Crippen LogP contribution in [-0.2, 0) is 4.79 Å². The number of carbonyl (C=O) groups excluding carboxylic acids is 1. The Balaban J connectivity index is 2.03. The van der Waals surface area contributed by atoms with E-state index in [1.807, 2.05) is 0 Å². The molecule has 76 valence electrons. The number of aliphatic hydroxyl groups excluding tert-OH is 1. The molecule has 0 aromatic rings. The highest BCUT2D eigenvalue weighted by Gasteiger charge is 2.19. The number of rotatable bonds is 4. The molecule has 1 aliphatic rings. The van der Waals surface area contributed by atoms with Crippen molar-refractivity contribution in [2.24, 2.45) is 0 Å². The molecule has 1 rings (SSSR count). The molecule has 1 saturated heterocycles. The molecule has 4 nitrogen and oxygen atoms in total. The van der Waals surface area contributed by atoms with Crippen molar-refractivity contribution in [2.45, 2.75) is 25.4 Å². The number of carbonyl (C=O) groups is 1. The van der Waals surface area contributed by atoms with Gasteiger partial charge in [0.2, 0.25) is 5.91 Å². The molecule has 1 unspecified atom stereocenters. The summed E-state index contributed by atoms with van der Waals surface area (Å²) in [4.78, 5) is 13.1. The maximum Gasteiger partial charge on any atom is 0.219 e. The minimum atomic E-state index is -0.153. The Morgan fingerprint density at radius 3 is 3.00 bits per heavy atom. The number of amides is 1. The lowest BCUT2D eigenvalue weighted by atomic mass is 10.3. The van der Waals surface area contributed by atoms with E-state index in [4.69, 9.17) is 0 Å². The Hall–Kier alpha value is -0.610. The lowest BCUT2D eigenvalue weighted by molar-refractivity contribution is -0.120. The van der Waals surface area contributed by atoms with Gasteiger partial charge in [0.15, 0.2) is 0 Å². The Morgan fingerprint density at radius 1 is 1.69 bits per heavy atom. The second-order valence-corrected chi connectivity index (χ2v) is 3.52. The summed E-state index contributed by atoms with van der Waals surface area (Å²) in [7, 11) is 1.65. The zero-order valence-electron chi connectivity index (χ0n) is 8.12. The van der Waals surface area contributed by atoms with Gasteiger partial charge in [-0.1, -0.05) is 0 Å². The average molecular weight is 186 g/mol. The predicted octanol–water partition coefficient (Wildman–Crippen LogP) is -0.421. The summed E-state index contributed by atoms with van der Waals surface area (Å²) in [6.07, 6.45) is 2.19. The summed E-state index contributed by atoms with van der Waals surface area (Å²) in [5, 5.41) is 11.8. The number of nitrogens with zero attached hydrogens (tertiary/aromatic N) is 1. The minimum absolute atomic E-state index is 0.0970. The second-order valence-electron chi connectivity index (χ2n) is 3.52. The van der Waals surface area contributed by atoms with Crippen LogP contribution in [0, 0.1) is 0 Å². The lowest BCUT2D eigenvalue weighted by Crippen LogP contribution is -2.25. The molecular weight excluding hydrogens is 168 g/mol. The molecular formula is C9H18N2O2. The van der Waals surface area contributed by atoms with Crippen molar-refractivity contribution in [3.05, 3.63) is 0 Å². The molecule has 13 heavy (non-hydrogen) atoms. The lowest BCUT2D eigenvalue weighted by Gasteiger charge is -2.13. The quantitative estimate of drug-likeness (QED) is 0.627. The zero-order valence-corrected chi connectivity index (χ0v) is 8.12. The number of aliphatic hydroxyl groups is 1. The molecule has 0 radical (unpaired) electrons. The second kappa shape index (κ2) is 5.19. The Bertz CT molecular complexity index is 173. The van der Waals surface area contributed by atoms with Gasteiger partial charge in [-0.15, -0.1) is 0 Å². The highest BCUT2D eigenvalue weighted by molar-refractivity contribution is 5.75. The highest BCUT2D eigenvalue weighted by Crippen LogP contribution is 2.09. The molecule has 1 heterocycles. The van der Waals surface area contributed by atoms with Crippen LogP contribution < -0.4 is 5.32 Å². The van der Waals surface area contributed by atoms with Gasteiger partial charge in [0.05, 0.1) is 6.10 Å². The molecule has 0 bridgehead atoms. The van der Waals surface area contributed by atoms with E-state index < -0.39 is 0 Å². The number of hydrogen-bond donors (Lipinski definition) is 2. The van der Waals surface area contributed by atoms with Gasteiger partial charge in [-0.05, 0) is 19.4 Å². The van der Waals surface area contributed by atoms with E-state index >= 15 is 0 Å². The topological polar surface area (TPSA) is 52.6 Å². The van der Waals surface area contributed by atoms with Crippen molar-refractivity contribution in [2.75, 3.05) is 26.7 Å². The van der Waals surface area contributed by atoms with E-state index in [1.54, 1.807) is 7.05 Å². The van der Waals surface area contributed by atoms with Gasteiger partial charge in [-0.25, -0.2) is 0 Å². The van der Waals surface area contributed by atoms with Crippen LogP contribution >= 0.6 is 0 Å². The first-order valence-electron chi connectivity index (χ1n) is 4.83. The summed E-state index contributed by atoms with van der Waals surface area (Å²) >= 11 is 0. The summed E-state index contributed by atoms with van der Waals surface area (Å²) in [5.41, 5.74) is 0. The molecule has 0 aliphatic carbocycles. The van der Waals surface area contributed by atoms with E-state index in [2.05, 4.69) is 10.2 Å².